The zero-order chi connectivity index (χ0) is 16.4. The minimum atomic E-state index is 0.386. The van der Waals surface area contributed by atoms with Crippen molar-refractivity contribution < 1.29 is 0 Å². The van der Waals surface area contributed by atoms with Gasteiger partial charge in [0.1, 0.15) is 0 Å². The first-order valence-electron chi connectivity index (χ1n) is 10.0. The fraction of sp³-hybridized carbons (Fsp3) is 0.636. The molecule has 1 aromatic carbocycles. The molecule has 0 aromatic heterocycles. The fourth-order valence-corrected chi connectivity index (χ4v) is 4.88. The molecule has 0 atom stereocenters. The maximum atomic E-state index is 3.67. The predicted octanol–water partition coefficient (Wildman–Crippen LogP) is 5.38. The van der Waals surface area contributed by atoms with Crippen LogP contribution in [0.3, 0.4) is 0 Å². The van der Waals surface area contributed by atoms with E-state index in [4.69, 9.17) is 0 Å². The Morgan fingerprint density at radius 1 is 1.00 bits per heavy atom. The zero-order valence-electron chi connectivity index (χ0n) is 15.2. The van der Waals surface area contributed by atoms with Gasteiger partial charge in [0.2, 0.25) is 0 Å². The van der Waals surface area contributed by atoms with Crippen LogP contribution < -0.4 is 5.32 Å². The number of rotatable bonds is 1. The molecule has 3 aliphatic rings. The molecule has 24 heavy (non-hydrogen) atoms. The molecule has 2 aliphatic heterocycles. The van der Waals surface area contributed by atoms with Crippen LogP contribution >= 0.6 is 0 Å². The number of fused-ring (bicyclic) bond motifs is 2. The first kappa shape index (κ1) is 16.1. The van der Waals surface area contributed by atoms with Gasteiger partial charge in [0, 0.05) is 30.7 Å². The quantitative estimate of drug-likeness (QED) is 0.746. The van der Waals surface area contributed by atoms with E-state index in [-0.39, 0.29) is 0 Å². The van der Waals surface area contributed by atoms with Gasteiger partial charge in [-0.05, 0) is 63.3 Å². The van der Waals surface area contributed by atoms with Crippen LogP contribution in [-0.4, -0.2) is 24.5 Å². The predicted molar refractivity (Wildman–Crippen MR) is 103 cm³/mol. The van der Waals surface area contributed by atoms with Gasteiger partial charge in [0.25, 0.3) is 0 Å². The summed E-state index contributed by atoms with van der Waals surface area (Å²) in [4.78, 5) is 2.62. The Balaban J connectivity index is 1.43. The van der Waals surface area contributed by atoms with E-state index < -0.39 is 0 Å². The number of aryl methyl sites for hydroxylation is 1. The molecule has 2 heteroatoms. The molecule has 1 saturated carbocycles. The molecule has 0 radical (unpaired) electrons. The van der Waals surface area contributed by atoms with Gasteiger partial charge in [-0.3, -0.25) is 0 Å². The maximum absolute atomic E-state index is 3.67. The van der Waals surface area contributed by atoms with Gasteiger partial charge in [-0.1, -0.05) is 42.5 Å². The van der Waals surface area contributed by atoms with Crippen LogP contribution in [0.5, 0.6) is 0 Å². The molecule has 1 spiro atoms. The largest absolute Gasteiger partial charge is 0.384 e. The molecule has 4 rings (SSSR count). The average Bonchev–Trinajstić information content (AvgIpc) is 2.90. The topological polar surface area (TPSA) is 15.3 Å². The summed E-state index contributed by atoms with van der Waals surface area (Å²) in [5.41, 5.74) is 6.47. The van der Waals surface area contributed by atoms with Crippen molar-refractivity contribution in [3.8, 4) is 0 Å². The Kier molecular flexibility index (Phi) is 4.56. The molecule has 0 amide bonds. The lowest BCUT2D eigenvalue weighted by Crippen LogP contribution is -2.41. The van der Waals surface area contributed by atoms with E-state index >= 15 is 0 Å². The second-order valence-corrected chi connectivity index (χ2v) is 8.27. The summed E-state index contributed by atoms with van der Waals surface area (Å²) in [5, 5.41) is 3.67. The third kappa shape index (κ3) is 3.20. The van der Waals surface area contributed by atoms with E-state index in [2.05, 4.69) is 41.5 Å². The molecular formula is C22H32N2. The minimum Gasteiger partial charge on any atom is -0.384 e. The summed E-state index contributed by atoms with van der Waals surface area (Å²) in [7, 11) is 0. The molecule has 0 bridgehead atoms. The highest BCUT2D eigenvalue weighted by molar-refractivity contribution is 5.61. The van der Waals surface area contributed by atoms with Crippen molar-refractivity contribution in [3.63, 3.8) is 0 Å². The molecular weight excluding hydrogens is 292 g/mol. The number of hydrogen-bond donors (Lipinski definition) is 1. The third-order valence-corrected chi connectivity index (χ3v) is 6.48. The average molecular weight is 325 g/mol. The molecule has 2 fully saturated rings. The molecule has 1 N–H and O–H groups in total. The van der Waals surface area contributed by atoms with Crippen molar-refractivity contribution in [2.24, 2.45) is 0 Å². The van der Waals surface area contributed by atoms with Crippen molar-refractivity contribution in [2.45, 2.75) is 70.1 Å². The molecule has 1 saturated heterocycles. The molecule has 2 heterocycles. The van der Waals surface area contributed by atoms with Crippen molar-refractivity contribution in [3.05, 3.63) is 41.1 Å². The smallest absolute Gasteiger partial charge is 0.0379 e. The third-order valence-electron chi connectivity index (χ3n) is 6.48. The summed E-state index contributed by atoms with van der Waals surface area (Å²) in [6.45, 7) is 5.80. The number of nitrogens with one attached hydrogen (secondary N) is 1. The highest BCUT2D eigenvalue weighted by Gasteiger charge is 2.41. The summed E-state index contributed by atoms with van der Waals surface area (Å²) >= 11 is 0. The lowest BCUT2D eigenvalue weighted by Gasteiger charge is -2.39. The molecule has 0 unspecified atom stereocenters. The van der Waals surface area contributed by atoms with Gasteiger partial charge in [-0.15, -0.1) is 0 Å². The van der Waals surface area contributed by atoms with Crippen LogP contribution in [0.2, 0.25) is 0 Å². The van der Waals surface area contributed by atoms with E-state index in [1.165, 1.54) is 82.1 Å². The van der Waals surface area contributed by atoms with Gasteiger partial charge < -0.3 is 10.2 Å². The van der Waals surface area contributed by atoms with Gasteiger partial charge >= 0.3 is 0 Å². The van der Waals surface area contributed by atoms with Gasteiger partial charge in [-0.25, -0.2) is 0 Å². The summed E-state index contributed by atoms with van der Waals surface area (Å²) in [6, 6.07) is 6.94. The molecule has 2 nitrogen and oxygen atoms in total. The van der Waals surface area contributed by atoms with Gasteiger partial charge in [-0.2, -0.15) is 0 Å². The van der Waals surface area contributed by atoms with Crippen LogP contribution in [0.4, 0.5) is 5.69 Å². The highest BCUT2D eigenvalue weighted by atomic mass is 15.1. The van der Waals surface area contributed by atoms with E-state index in [0.717, 1.165) is 6.54 Å². The van der Waals surface area contributed by atoms with E-state index in [9.17, 15) is 0 Å². The van der Waals surface area contributed by atoms with E-state index in [1.807, 2.05) is 0 Å². The monoisotopic (exact) mass is 324 g/mol. The van der Waals surface area contributed by atoms with E-state index in [0.29, 0.717) is 5.41 Å². The van der Waals surface area contributed by atoms with E-state index in [1.54, 1.807) is 11.1 Å². The molecule has 1 aliphatic carbocycles. The Morgan fingerprint density at radius 3 is 2.46 bits per heavy atom. The minimum absolute atomic E-state index is 0.386. The fourth-order valence-electron chi connectivity index (χ4n) is 4.88. The maximum Gasteiger partial charge on any atom is 0.0379 e. The lowest BCUT2D eigenvalue weighted by atomic mass is 9.74. The van der Waals surface area contributed by atoms with Crippen LogP contribution in [-0.2, 0) is 5.41 Å². The lowest BCUT2D eigenvalue weighted by molar-refractivity contribution is 0.219. The standard InChI is InChI=1S/C22H32N2/c1-18-9-10-21-20(15-18)22(17-23-21)11-13-24(14-12-22)16-19-7-5-3-2-4-6-8-19/h9-10,15-16,23H,2-8,11-14,17H2,1H3. The first-order chi connectivity index (χ1) is 11.8. The zero-order valence-corrected chi connectivity index (χ0v) is 15.2. The number of anilines is 1. The van der Waals surface area contributed by atoms with Crippen LogP contribution in [0, 0.1) is 6.92 Å². The summed E-state index contributed by atoms with van der Waals surface area (Å²) in [5.74, 6) is 0. The second kappa shape index (κ2) is 6.82. The summed E-state index contributed by atoms with van der Waals surface area (Å²) in [6.07, 6.45) is 14.9. The molecule has 130 valence electrons. The van der Waals surface area contributed by atoms with Crippen molar-refractivity contribution in [1.82, 2.24) is 4.90 Å². The Morgan fingerprint density at radius 2 is 1.71 bits per heavy atom. The molecule has 1 aromatic rings. The second-order valence-electron chi connectivity index (χ2n) is 8.27. The number of likely N-dealkylation sites (tertiary alicyclic amines) is 1. The van der Waals surface area contributed by atoms with Crippen molar-refractivity contribution >= 4 is 5.69 Å². The Labute approximate surface area is 147 Å². The van der Waals surface area contributed by atoms with Crippen LogP contribution in [0.25, 0.3) is 0 Å². The van der Waals surface area contributed by atoms with Crippen molar-refractivity contribution in [2.75, 3.05) is 25.0 Å². The normalized spacial score (nSPS) is 23.4. The number of hydrogen-bond acceptors (Lipinski definition) is 2. The summed E-state index contributed by atoms with van der Waals surface area (Å²) < 4.78 is 0. The van der Waals surface area contributed by atoms with Gasteiger partial charge in [0.05, 0.1) is 0 Å². The number of allylic oxidation sites excluding steroid dienone is 1. The Hall–Kier alpha value is -1.44. The number of benzene rings is 1. The van der Waals surface area contributed by atoms with Crippen LogP contribution in [0.15, 0.2) is 30.0 Å². The number of piperidine rings is 1. The highest BCUT2D eigenvalue weighted by Crippen LogP contribution is 2.44. The van der Waals surface area contributed by atoms with Crippen LogP contribution in [0.1, 0.15) is 68.9 Å². The Bertz CT molecular complexity index is 598. The SMILES string of the molecule is Cc1ccc2c(c1)C1(CCN(C=C3CCCCCCC3)CC1)CN2. The first-order valence-corrected chi connectivity index (χ1v) is 10.0. The van der Waals surface area contributed by atoms with Crippen molar-refractivity contribution in [1.29, 1.82) is 0 Å². The van der Waals surface area contributed by atoms with Gasteiger partial charge in [0.15, 0.2) is 0 Å². The number of nitrogens with zero attached hydrogens (tertiary/aromatic N) is 1.